The molecule has 0 aliphatic heterocycles. The first-order chi connectivity index (χ1) is 9.90. The number of halogens is 1. The van der Waals surface area contributed by atoms with E-state index in [9.17, 15) is 19.3 Å². The van der Waals surface area contributed by atoms with Crippen LogP contribution < -0.4 is 5.32 Å². The molecule has 0 spiro atoms. The summed E-state index contributed by atoms with van der Waals surface area (Å²) in [5.74, 6) is -1.11. The van der Waals surface area contributed by atoms with E-state index < -0.39 is 28.3 Å². The number of nitro groups is 1. The number of rotatable bonds is 4. The average Bonchev–Trinajstić information content (AvgIpc) is 2.85. The Kier molecular flexibility index (Phi) is 3.92. The predicted molar refractivity (Wildman–Crippen MR) is 69.9 cm³/mol. The molecule has 0 bridgehead atoms. The number of carbonyl (C=O) groups is 1. The fraction of sp³-hybridized carbons (Fsp3) is 0.250. The van der Waals surface area contributed by atoms with Crippen LogP contribution in [0.25, 0.3) is 0 Å². The fourth-order valence-electron chi connectivity index (χ4n) is 1.82. The number of nitrogens with zero attached hydrogens (tertiary/aromatic N) is 4. The smallest absolute Gasteiger partial charge is 0.270 e. The number of amides is 1. The molecule has 1 unspecified atom stereocenters. The minimum absolute atomic E-state index is 0.354. The lowest BCUT2D eigenvalue weighted by molar-refractivity contribution is -0.384. The van der Waals surface area contributed by atoms with E-state index in [1.165, 1.54) is 6.33 Å². The topological polar surface area (TPSA) is 103 Å². The molecule has 1 N–H and O–H groups in total. The van der Waals surface area contributed by atoms with E-state index >= 15 is 0 Å². The Hall–Kier alpha value is -2.84. The third-order valence-corrected chi connectivity index (χ3v) is 2.89. The van der Waals surface area contributed by atoms with Gasteiger partial charge in [0.2, 0.25) is 0 Å². The standard InChI is InChI=1S/C12H12FN5O3/c1-7(11-16-14-6-17(11)2)15-12(19)9-5-8(18(20)21)3-4-10(9)13/h3-7H,1-2H3,(H,15,19). The van der Waals surface area contributed by atoms with Crippen LogP contribution in [0, 0.1) is 15.9 Å². The van der Waals surface area contributed by atoms with Crippen molar-refractivity contribution in [1.82, 2.24) is 20.1 Å². The van der Waals surface area contributed by atoms with E-state index in [2.05, 4.69) is 15.5 Å². The van der Waals surface area contributed by atoms with Gasteiger partial charge in [0.05, 0.1) is 16.5 Å². The first-order valence-corrected chi connectivity index (χ1v) is 5.99. The van der Waals surface area contributed by atoms with Gasteiger partial charge >= 0.3 is 0 Å². The van der Waals surface area contributed by atoms with Crippen molar-refractivity contribution in [2.24, 2.45) is 7.05 Å². The van der Waals surface area contributed by atoms with Gasteiger partial charge in [-0.3, -0.25) is 14.9 Å². The number of non-ortho nitro benzene ring substituents is 1. The number of carbonyl (C=O) groups excluding carboxylic acids is 1. The molecule has 1 atom stereocenters. The van der Waals surface area contributed by atoms with Crippen LogP contribution in [0.2, 0.25) is 0 Å². The summed E-state index contributed by atoms with van der Waals surface area (Å²) in [5, 5.41) is 20.7. The quantitative estimate of drug-likeness (QED) is 0.677. The molecular formula is C12H12FN5O3. The highest BCUT2D eigenvalue weighted by atomic mass is 19.1. The second-order valence-electron chi connectivity index (χ2n) is 4.42. The summed E-state index contributed by atoms with van der Waals surface area (Å²) in [6.07, 6.45) is 1.46. The molecule has 1 heterocycles. The van der Waals surface area contributed by atoms with E-state index in [-0.39, 0.29) is 5.69 Å². The Balaban J connectivity index is 2.22. The number of hydrogen-bond acceptors (Lipinski definition) is 5. The first-order valence-electron chi connectivity index (χ1n) is 5.99. The summed E-state index contributed by atoms with van der Waals surface area (Å²) < 4.78 is 15.2. The van der Waals surface area contributed by atoms with Crippen molar-refractivity contribution in [2.45, 2.75) is 13.0 Å². The summed E-state index contributed by atoms with van der Waals surface area (Å²) in [4.78, 5) is 22.0. The van der Waals surface area contributed by atoms with Crippen molar-refractivity contribution in [2.75, 3.05) is 0 Å². The van der Waals surface area contributed by atoms with Crippen molar-refractivity contribution in [1.29, 1.82) is 0 Å². The number of aryl methyl sites for hydroxylation is 1. The van der Waals surface area contributed by atoms with Crippen molar-refractivity contribution < 1.29 is 14.1 Å². The van der Waals surface area contributed by atoms with Gasteiger partial charge in [-0.1, -0.05) is 0 Å². The maximum absolute atomic E-state index is 13.6. The zero-order valence-electron chi connectivity index (χ0n) is 11.3. The van der Waals surface area contributed by atoms with Gasteiger partial charge in [-0.2, -0.15) is 0 Å². The highest BCUT2D eigenvalue weighted by Crippen LogP contribution is 2.18. The van der Waals surface area contributed by atoms with Gasteiger partial charge in [0.15, 0.2) is 5.82 Å². The Bertz CT molecular complexity index is 700. The lowest BCUT2D eigenvalue weighted by Gasteiger charge is -2.13. The van der Waals surface area contributed by atoms with Gasteiger partial charge < -0.3 is 9.88 Å². The van der Waals surface area contributed by atoms with Gasteiger partial charge in [0.1, 0.15) is 12.1 Å². The average molecular weight is 293 g/mol. The monoisotopic (exact) mass is 293 g/mol. The molecule has 0 fully saturated rings. The van der Waals surface area contributed by atoms with E-state index in [0.29, 0.717) is 5.82 Å². The molecule has 0 radical (unpaired) electrons. The summed E-state index contributed by atoms with van der Waals surface area (Å²) >= 11 is 0. The molecule has 110 valence electrons. The Morgan fingerprint density at radius 2 is 2.24 bits per heavy atom. The summed E-state index contributed by atoms with van der Waals surface area (Å²) in [7, 11) is 1.70. The molecule has 1 amide bonds. The van der Waals surface area contributed by atoms with Crippen molar-refractivity contribution in [3.8, 4) is 0 Å². The van der Waals surface area contributed by atoms with Crippen molar-refractivity contribution in [3.05, 3.63) is 51.8 Å². The van der Waals surface area contributed by atoms with Crippen LogP contribution in [0.5, 0.6) is 0 Å². The fourth-order valence-corrected chi connectivity index (χ4v) is 1.82. The minimum Gasteiger partial charge on any atom is -0.342 e. The van der Waals surface area contributed by atoms with Gasteiger partial charge in [-0.25, -0.2) is 4.39 Å². The van der Waals surface area contributed by atoms with Crippen molar-refractivity contribution >= 4 is 11.6 Å². The first kappa shape index (κ1) is 14.6. The molecule has 1 aromatic carbocycles. The molecule has 0 saturated carbocycles. The SMILES string of the molecule is CC(NC(=O)c1cc([N+](=O)[O-])ccc1F)c1nncn1C. The third-order valence-electron chi connectivity index (χ3n) is 2.89. The van der Waals surface area contributed by atoms with E-state index in [4.69, 9.17) is 0 Å². The predicted octanol–water partition coefficient (Wildman–Crippen LogP) is 1.35. The van der Waals surface area contributed by atoms with Gasteiger partial charge in [0, 0.05) is 19.2 Å². The van der Waals surface area contributed by atoms with Gasteiger partial charge in [-0.05, 0) is 13.0 Å². The van der Waals surface area contributed by atoms with E-state index in [1.54, 1.807) is 18.5 Å². The molecule has 9 heteroatoms. The van der Waals surface area contributed by atoms with E-state index in [0.717, 1.165) is 18.2 Å². The molecule has 8 nitrogen and oxygen atoms in total. The molecule has 0 aliphatic carbocycles. The lowest BCUT2D eigenvalue weighted by Crippen LogP contribution is -2.29. The number of aromatic nitrogens is 3. The van der Waals surface area contributed by atoms with E-state index in [1.807, 2.05) is 0 Å². The van der Waals surface area contributed by atoms with Crippen LogP contribution in [-0.2, 0) is 7.05 Å². The molecule has 0 aliphatic rings. The van der Waals surface area contributed by atoms with Crippen molar-refractivity contribution in [3.63, 3.8) is 0 Å². The highest BCUT2D eigenvalue weighted by molar-refractivity contribution is 5.95. The zero-order chi connectivity index (χ0) is 15.6. The summed E-state index contributed by atoms with van der Waals surface area (Å²) in [6, 6.07) is 2.26. The van der Waals surface area contributed by atoms with Gasteiger partial charge in [0.25, 0.3) is 11.6 Å². The number of nitrogens with one attached hydrogen (secondary N) is 1. The molecule has 0 saturated heterocycles. The zero-order valence-corrected chi connectivity index (χ0v) is 11.3. The molecular weight excluding hydrogens is 281 g/mol. The summed E-state index contributed by atoms with van der Waals surface area (Å²) in [5.41, 5.74) is -0.744. The maximum Gasteiger partial charge on any atom is 0.270 e. The largest absolute Gasteiger partial charge is 0.342 e. The second-order valence-corrected chi connectivity index (χ2v) is 4.42. The normalized spacial score (nSPS) is 12.0. The second kappa shape index (κ2) is 5.65. The van der Waals surface area contributed by atoms with Crippen LogP contribution in [0.4, 0.5) is 10.1 Å². The molecule has 1 aromatic heterocycles. The molecule has 2 aromatic rings. The van der Waals surface area contributed by atoms with Crippen LogP contribution in [0.15, 0.2) is 24.5 Å². The lowest BCUT2D eigenvalue weighted by atomic mass is 10.1. The Morgan fingerprint density at radius 3 is 2.81 bits per heavy atom. The number of benzene rings is 1. The molecule has 21 heavy (non-hydrogen) atoms. The minimum atomic E-state index is -0.830. The highest BCUT2D eigenvalue weighted by Gasteiger charge is 2.20. The maximum atomic E-state index is 13.6. The number of hydrogen-bond donors (Lipinski definition) is 1. The Morgan fingerprint density at radius 1 is 1.52 bits per heavy atom. The van der Waals surface area contributed by atoms with Crippen LogP contribution in [0.3, 0.4) is 0 Å². The summed E-state index contributed by atoms with van der Waals surface area (Å²) in [6.45, 7) is 1.65. The molecule has 2 rings (SSSR count). The third kappa shape index (κ3) is 3.02. The Labute approximate surface area is 118 Å². The van der Waals surface area contributed by atoms with Crippen LogP contribution in [-0.4, -0.2) is 25.6 Å². The number of nitro benzene ring substituents is 1. The van der Waals surface area contributed by atoms with Crippen LogP contribution in [0.1, 0.15) is 29.1 Å². The van der Waals surface area contributed by atoms with Gasteiger partial charge in [-0.15, -0.1) is 10.2 Å². The van der Waals surface area contributed by atoms with Crippen LogP contribution >= 0.6 is 0 Å².